The van der Waals surface area contributed by atoms with Gasteiger partial charge in [-0.15, -0.1) is 12.1 Å². The van der Waals surface area contributed by atoms with Crippen molar-refractivity contribution in [1.82, 2.24) is 5.48 Å². The molecule has 1 heterocycles. The summed E-state index contributed by atoms with van der Waals surface area (Å²) in [6.07, 6.45) is 27.0. The van der Waals surface area contributed by atoms with E-state index < -0.39 is 0 Å². The summed E-state index contributed by atoms with van der Waals surface area (Å²) in [6.45, 7) is 6.09. The van der Waals surface area contributed by atoms with Gasteiger partial charge >= 0.3 is 5.97 Å². The number of ether oxygens (including phenoxy) is 1. The van der Waals surface area contributed by atoms with Gasteiger partial charge in [-0.3, -0.25) is 4.79 Å². The summed E-state index contributed by atoms with van der Waals surface area (Å²) in [5.41, 5.74) is 18.0. The third-order valence-electron chi connectivity index (χ3n) is 13.6. The Hall–Kier alpha value is -2.51. The molecule has 1 aliphatic heterocycles. The van der Waals surface area contributed by atoms with E-state index in [2.05, 4.69) is 55.4 Å². The molecule has 1 unspecified atom stereocenters. The zero-order chi connectivity index (χ0) is 36.6. The number of fused-ring (bicyclic) bond motifs is 2. The number of carbonyl (C=O) groups is 1. The number of nitrogens with two attached hydrogens (primary N) is 1. The molecule has 0 amide bonds. The van der Waals surface area contributed by atoms with Crippen molar-refractivity contribution in [2.45, 2.75) is 171 Å². The molecule has 6 nitrogen and oxygen atoms in total. The van der Waals surface area contributed by atoms with Crippen LogP contribution in [0.4, 0.5) is 0 Å². The first-order valence-corrected chi connectivity index (χ1v) is 20.9. The molecule has 1 saturated heterocycles. The summed E-state index contributed by atoms with van der Waals surface area (Å²) in [4.78, 5) is 16.5. The Kier molecular flexibility index (Phi) is 13.7. The first-order chi connectivity index (χ1) is 25.2. The lowest BCUT2D eigenvalue weighted by Crippen LogP contribution is -2.40. The Morgan fingerprint density at radius 2 is 1.52 bits per heavy atom. The summed E-state index contributed by atoms with van der Waals surface area (Å²) >= 11 is 0. The molecule has 2 saturated carbocycles. The van der Waals surface area contributed by atoms with E-state index in [0.717, 1.165) is 56.8 Å². The van der Waals surface area contributed by atoms with Crippen molar-refractivity contribution in [3.63, 3.8) is 0 Å². The van der Waals surface area contributed by atoms with Crippen LogP contribution in [0.15, 0.2) is 49.1 Å². The van der Waals surface area contributed by atoms with E-state index in [0.29, 0.717) is 24.4 Å². The summed E-state index contributed by atoms with van der Waals surface area (Å²) in [7, 11) is 1.81. The van der Waals surface area contributed by atoms with Crippen molar-refractivity contribution in [2.24, 2.45) is 17.6 Å². The number of aliphatic hydroxyl groups excluding tert-OH is 1. The lowest BCUT2D eigenvalue weighted by molar-refractivity contribution is -0.143. The number of aliphatic hydroxyl groups is 1. The second kappa shape index (κ2) is 18.2. The molecule has 2 aromatic carbocycles. The largest absolute Gasteiger partial charge is 0.394 e. The van der Waals surface area contributed by atoms with Crippen LogP contribution in [0.2, 0.25) is 0 Å². The van der Waals surface area contributed by atoms with Crippen LogP contribution in [0.5, 0.6) is 0 Å². The molecular weight excluding hydrogens is 645 g/mol. The van der Waals surface area contributed by atoms with Gasteiger partial charge in [-0.05, 0) is 160 Å². The van der Waals surface area contributed by atoms with Crippen LogP contribution >= 0.6 is 0 Å². The van der Waals surface area contributed by atoms with Crippen LogP contribution in [-0.2, 0) is 40.1 Å². The molecule has 0 bridgehead atoms. The Labute approximate surface area is 314 Å². The predicted octanol–water partition coefficient (Wildman–Crippen LogP) is 9.34. The molecule has 52 heavy (non-hydrogen) atoms. The summed E-state index contributed by atoms with van der Waals surface area (Å²) in [6, 6.07) is 14.3. The van der Waals surface area contributed by atoms with E-state index in [1.165, 1.54) is 94.6 Å². The fraction of sp³-hybridized carbons (Fsp3) is 0.674. The lowest BCUT2D eigenvalue weighted by atomic mass is 9.79. The Balaban J connectivity index is 0.000000179. The number of nitrogens with one attached hydrogen (secondary N) is 1. The van der Waals surface area contributed by atoms with Gasteiger partial charge in [-0.2, -0.15) is 0 Å². The van der Waals surface area contributed by atoms with Crippen LogP contribution < -0.4 is 11.2 Å². The average Bonchev–Trinajstić information content (AvgIpc) is 3.89. The molecule has 7 atom stereocenters. The predicted molar refractivity (Wildman–Crippen MR) is 211 cm³/mol. The SMILES string of the molecule is C=CCCCC[C@H]1CCc2cc([C@H]3CC[C@@]4(CC(=O)ON4)C3)ccc2C1.COC(C)CCCC[C@H]1CCc2cc([C@H]3CC[C@](N)(CO)C3)ccc2C1. The third kappa shape index (κ3) is 10.2. The maximum Gasteiger partial charge on any atom is 0.326 e. The third-order valence-corrected chi connectivity index (χ3v) is 13.6. The molecular formula is C46H68N2O4. The van der Waals surface area contributed by atoms with E-state index in [4.69, 9.17) is 15.3 Å². The minimum atomic E-state index is -0.355. The van der Waals surface area contributed by atoms with Crippen LogP contribution in [0, 0.1) is 11.8 Å². The van der Waals surface area contributed by atoms with Gasteiger partial charge in [0.2, 0.25) is 0 Å². The number of carbonyl (C=O) groups excluding carboxylic acids is 1. The normalized spacial score (nSPS) is 30.0. The Bertz CT molecular complexity index is 1490. The Morgan fingerprint density at radius 1 is 0.904 bits per heavy atom. The second-order valence-corrected chi connectivity index (χ2v) is 17.6. The van der Waals surface area contributed by atoms with Crippen molar-refractivity contribution < 1.29 is 19.5 Å². The number of hydrogen-bond donors (Lipinski definition) is 3. The number of unbranched alkanes of at least 4 members (excludes halogenated alkanes) is 3. The number of benzene rings is 2. The molecule has 2 aromatic rings. The van der Waals surface area contributed by atoms with Crippen molar-refractivity contribution in [3.05, 3.63) is 82.4 Å². The number of hydrogen-bond acceptors (Lipinski definition) is 6. The van der Waals surface area contributed by atoms with Gasteiger partial charge in [0.05, 0.1) is 24.7 Å². The minimum Gasteiger partial charge on any atom is -0.394 e. The molecule has 0 aromatic heterocycles. The minimum absolute atomic E-state index is 0.102. The monoisotopic (exact) mass is 713 g/mol. The second-order valence-electron chi connectivity index (χ2n) is 17.6. The quantitative estimate of drug-likeness (QED) is 0.134. The van der Waals surface area contributed by atoms with Gasteiger partial charge in [-0.25, -0.2) is 0 Å². The molecule has 6 heteroatoms. The average molecular weight is 713 g/mol. The van der Waals surface area contributed by atoms with Crippen LogP contribution in [0.3, 0.4) is 0 Å². The molecule has 4 aliphatic carbocycles. The highest BCUT2D eigenvalue weighted by Crippen LogP contribution is 2.45. The van der Waals surface area contributed by atoms with Gasteiger partial charge in [0, 0.05) is 12.6 Å². The number of allylic oxidation sites excluding steroid dienone is 1. The molecule has 0 radical (unpaired) electrons. The van der Waals surface area contributed by atoms with Gasteiger partial charge < -0.3 is 20.4 Å². The number of aryl methyl sites for hydroxylation is 2. The molecule has 5 aliphatic rings. The number of rotatable bonds is 14. The van der Waals surface area contributed by atoms with Crippen LogP contribution in [0.1, 0.15) is 161 Å². The van der Waals surface area contributed by atoms with E-state index in [1.807, 2.05) is 6.08 Å². The number of methoxy groups -OCH3 is 1. The van der Waals surface area contributed by atoms with Crippen LogP contribution in [0.25, 0.3) is 0 Å². The zero-order valence-electron chi connectivity index (χ0n) is 32.4. The van der Waals surface area contributed by atoms with Gasteiger partial charge in [0.25, 0.3) is 0 Å². The topological polar surface area (TPSA) is 93.8 Å². The summed E-state index contributed by atoms with van der Waals surface area (Å²) in [5.74, 6) is 2.69. The first kappa shape index (κ1) is 39.2. The van der Waals surface area contributed by atoms with Gasteiger partial charge in [-0.1, -0.05) is 74.6 Å². The van der Waals surface area contributed by atoms with Crippen molar-refractivity contribution >= 4 is 5.97 Å². The molecule has 286 valence electrons. The molecule has 1 spiro atoms. The van der Waals surface area contributed by atoms with E-state index >= 15 is 0 Å². The zero-order valence-corrected chi connectivity index (χ0v) is 32.4. The van der Waals surface area contributed by atoms with Crippen molar-refractivity contribution in [3.8, 4) is 0 Å². The fourth-order valence-electron chi connectivity index (χ4n) is 10.2. The maximum atomic E-state index is 11.5. The summed E-state index contributed by atoms with van der Waals surface area (Å²) in [5, 5.41) is 9.51. The van der Waals surface area contributed by atoms with Crippen LogP contribution in [-0.4, -0.2) is 42.0 Å². The number of hydroxylamine groups is 1. The standard InChI is InChI=1S/C23H31NO2.C23H37NO2/c1-2-3-4-5-6-17-7-8-19-14-20(10-9-18(19)13-17)21-11-12-23(15-21)16-22(25)26-24-23;1-17(26-2)5-3-4-6-18-7-8-20-14-21(10-9-19(20)13-18)22-11-12-23(24,15-22)16-25/h2,9-10,14,17,21,24H,1,3-8,11-13,15-16H2;9-10,14,17-18,22,25H,3-8,11-13,15-16,24H2,1-2H3/t17-,21-,23-;17?,18-,22-,23+/m00/s1. The highest BCUT2D eigenvalue weighted by atomic mass is 16.7. The Morgan fingerprint density at radius 3 is 2.08 bits per heavy atom. The lowest BCUT2D eigenvalue weighted by Gasteiger charge is -2.26. The summed E-state index contributed by atoms with van der Waals surface area (Å²) < 4.78 is 5.34. The fourth-order valence-corrected chi connectivity index (χ4v) is 10.2. The molecule has 4 N–H and O–H groups in total. The molecule has 3 fully saturated rings. The molecule has 7 rings (SSSR count). The smallest absolute Gasteiger partial charge is 0.326 e. The van der Waals surface area contributed by atoms with Gasteiger partial charge in [0.1, 0.15) is 0 Å². The van der Waals surface area contributed by atoms with E-state index in [1.54, 1.807) is 29.4 Å². The van der Waals surface area contributed by atoms with E-state index in [-0.39, 0.29) is 23.7 Å². The van der Waals surface area contributed by atoms with Crippen molar-refractivity contribution in [1.29, 1.82) is 0 Å². The van der Waals surface area contributed by atoms with Crippen molar-refractivity contribution in [2.75, 3.05) is 13.7 Å². The van der Waals surface area contributed by atoms with E-state index in [9.17, 15) is 9.90 Å². The maximum absolute atomic E-state index is 11.5. The van der Waals surface area contributed by atoms with Gasteiger partial charge in [0.15, 0.2) is 0 Å². The first-order valence-electron chi connectivity index (χ1n) is 20.9. The highest BCUT2D eigenvalue weighted by Gasteiger charge is 2.46. The highest BCUT2D eigenvalue weighted by molar-refractivity contribution is 5.72.